The van der Waals surface area contributed by atoms with Crippen LogP contribution in [-0.4, -0.2) is 0 Å². The number of rotatable bonds is 4. The third kappa shape index (κ3) is 2.85. The van der Waals surface area contributed by atoms with Crippen molar-refractivity contribution in [2.24, 2.45) is 17.7 Å². The molecule has 5 N–H and O–H groups in total. The normalized spacial score (nSPS) is 25.9. The quantitative estimate of drug-likeness (QED) is 0.435. The summed E-state index contributed by atoms with van der Waals surface area (Å²) < 4.78 is 0. The molecule has 1 aliphatic rings. The lowest BCUT2D eigenvalue weighted by molar-refractivity contribution is 0.220. The van der Waals surface area contributed by atoms with E-state index in [1.165, 1.54) is 32.1 Å². The van der Waals surface area contributed by atoms with Crippen molar-refractivity contribution in [3.8, 4) is 0 Å². The Morgan fingerprint density at radius 3 is 2.44 bits per heavy atom. The van der Waals surface area contributed by atoms with Crippen LogP contribution in [0.4, 0.5) is 5.69 Å². The predicted molar refractivity (Wildman–Crippen MR) is 76.7 cm³/mol. The zero-order chi connectivity index (χ0) is 13.0. The first-order valence-corrected chi connectivity index (χ1v) is 7.06. The van der Waals surface area contributed by atoms with Crippen LogP contribution in [0.25, 0.3) is 0 Å². The highest BCUT2D eigenvalue weighted by atomic mass is 15.2. The van der Waals surface area contributed by atoms with Crippen LogP contribution in [0.15, 0.2) is 24.3 Å². The van der Waals surface area contributed by atoms with Gasteiger partial charge in [-0.15, -0.1) is 0 Å². The van der Waals surface area contributed by atoms with E-state index in [2.05, 4.69) is 18.4 Å². The van der Waals surface area contributed by atoms with Gasteiger partial charge in [0.25, 0.3) is 0 Å². The van der Waals surface area contributed by atoms with Crippen LogP contribution in [-0.2, 0) is 0 Å². The number of nitrogen functional groups attached to an aromatic ring is 1. The van der Waals surface area contributed by atoms with Crippen molar-refractivity contribution in [3.05, 3.63) is 29.8 Å². The lowest BCUT2D eigenvalue weighted by Crippen LogP contribution is -2.35. The van der Waals surface area contributed by atoms with E-state index in [1.54, 1.807) is 0 Å². The van der Waals surface area contributed by atoms with Gasteiger partial charge in [0, 0.05) is 5.69 Å². The third-order valence-corrected chi connectivity index (χ3v) is 4.45. The summed E-state index contributed by atoms with van der Waals surface area (Å²) >= 11 is 0. The molecule has 0 amide bonds. The number of hydrogen-bond acceptors (Lipinski definition) is 3. The van der Waals surface area contributed by atoms with Crippen LogP contribution >= 0.6 is 0 Å². The Bertz CT molecular complexity index is 370. The minimum Gasteiger partial charge on any atom is -0.398 e. The lowest BCUT2D eigenvalue weighted by atomic mass is 9.76. The molecule has 1 aliphatic carbocycles. The first-order chi connectivity index (χ1) is 8.76. The van der Waals surface area contributed by atoms with E-state index in [0.29, 0.717) is 5.92 Å². The van der Waals surface area contributed by atoms with Crippen LogP contribution < -0.4 is 17.0 Å². The molecule has 1 saturated carbocycles. The molecule has 1 fully saturated rings. The second kappa shape index (κ2) is 6.21. The van der Waals surface area contributed by atoms with Crippen LogP contribution in [0, 0.1) is 11.8 Å². The van der Waals surface area contributed by atoms with Crippen LogP contribution in [0.2, 0.25) is 0 Å². The number of benzene rings is 1. The average molecular weight is 247 g/mol. The number of para-hydroxylation sites is 1. The number of hydrazine groups is 1. The van der Waals surface area contributed by atoms with Gasteiger partial charge in [-0.05, 0) is 36.3 Å². The molecule has 0 aliphatic heterocycles. The Morgan fingerprint density at radius 2 is 1.89 bits per heavy atom. The fourth-order valence-corrected chi connectivity index (χ4v) is 3.20. The fourth-order valence-electron chi connectivity index (χ4n) is 3.20. The zero-order valence-electron chi connectivity index (χ0n) is 11.2. The second-order valence-electron chi connectivity index (χ2n) is 5.46. The summed E-state index contributed by atoms with van der Waals surface area (Å²) in [6.45, 7) is 2.29. The standard InChI is InChI=1S/C15H25N3/c1-2-11-7-9-12(10-8-11)15(18-17)13-5-3-4-6-14(13)16/h3-6,11-12,15,18H,2,7-10,16-17H2,1H3. The molecule has 2 rings (SSSR count). The van der Waals surface area contributed by atoms with Crippen molar-refractivity contribution in [2.75, 3.05) is 5.73 Å². The molecular weight excluding hydrogens is 222 g/mol. The molecule has 3 nitrogen and oxygen atoms in total. The van der Waals surface area contributed by atoms with E-state index in [9.17, 15) is 0 Å². The molecule has 3 heteroatoms. The highest BCUT2D eigenvalue weighted by Gasteiger charge is 2.28. The number of nitrogens with one attached hydrogen (secondary N) is 1. The van der Waals surface area contributed by atoms with E-state index in [4.69, 9.17) is 11.6 Å². The highest BCUT2D eigenvalue weighted by Crippen LogP contribution is 2.38. The molecular formula is C15H25N3. The molecule has 1 aromatic carbocycles. The maximum atomic E-state index is 6.06. The van der Waals surface area contributed by atoms with Crippen LogP contribution in [0.1, 0.15) is 50.6 Å². The Hall–Kier alpha value is -1.06. The van der Waals surface area contributed by atoms with Gasteiger partial charge >= 0.3 is 0 Å². The van der Waals surface area contributed by atoms with Crippen molar-refractivity contribution in [1.29, 1.82) is 0 Å². The second-order valence-corrected chi connectivity index (χ2v) is 5.46. The maximum absolute atomic E-state index is 6.06. The molecule has 0 bridgehead atoms. The SMILES string of the molecule is CCC1CCC(C(NN)c2ccccc2N)CC1. The van der Waals surface area contributed by atoms with Gasteiger partial charge in [0.1, 0.15) is 0 Å². The topological polar surface area (TPSA) is 64.1 Å². The molecule has 0 saturated heterocycles. The number of hydrogen-bond donors (Lipinski definition) is 3. The van der Waals surface area contributed by atoms with Crippen molar-refractivity contribution >= 4 is 5.69 Å². The molecule has 0 radical (unpaired) electrons. The minimum absolute atomic E-state index is 0.198. The summed E-state index contributed by atoms with van der Waals surface area (Å²) in [4.78, 5) is 0. The monoisotopic (exact) mass is 247 g/mol. The van der Waals surface area contributed by atoms with Crippen LogP contribution in [0.5, 0.6) is 0 Å². The van der Waals surface area contributed by atoms with E-state index in [0.717, 1.165) is 17.2 Å². The molecule has 1 atom stereocenters. The average Bonchev–Trinajstić information content (AvgIpc) is 2.42. The molecule has 0 spiro atoms. The van der Waals surface area contributed by atoms with E-state index in [-0.39, 0.29) is 6.04 Å². The summed E-state index contributed by atoms with van der Waals surface area (Å²) in [6, 6.07) is 8.25. The van der Waals surface area contributed by atoms with E-state index >= 15 is 0 Å². The molecule has 0 heterocycles. The lowest BCUT2D eigenvalue weighted by Gasteiger charge is -2.34. The minimum atomic E-state index is 0.198. The third-order valence-electron chi connectivity index (χ3n) is 4.45. The molecule has 0 aromatic heterocycles. The summed E-state index contributed by atoms with van der Waals surface area (Å²) in [6.07, 6.45) is 6.46. The van der Waals surface area contributed by atoms with Crippen molar-refractivity contribution in [3.63, 3.8) is 0 Å². The van der Waals surface area contributed by atoms with Crippen LogP contribution in [0.3, 0.4) is 0 Å². The molecule has 18 heavy (non-hydrogen) atoms. The van der Waals surface area contributed by atoms with E-state index < -0.39 is 0 Å². The van der Waals surface area contributed by atoms with E-state index in [1.807, 2.05) is 18.2 Å². The first kappa shape index (κ1) is 13.4. The summed E-state index contributed by atoms with van der Waals surface area (Å²) in [5, 5.41) is 0. The Kier molecular flexibility index (Phi) is 4.61. The first-order valence-electron chi connectivity index (χ1n) is 7.06. The maximum Gasteiger partial charge on any atom is 0.0508 e. The van der Waals surface area contributed by atoms with Gasteiger partial charge in [-0.3, -0.25) is 11.3 Å². The van der Waals surface area contributed by atoms with Crippen molar-refractivity contribution < 1.29 is 0 Å². The van der Waals surface area contributed by atoms with Gasteiger partial charge < -0.3 is 5.73 Å². The Labute approximate surface area is 110 Å². The fraction of sp³-hybridized carbons (Fsp3) is 0.600. The molecule has 1 unspecified atom stereocenters. The largest absolute Gasteiger partial charge is 0.398 e. The number of nitrogens with two attached hydrogens (primary N) is 2. The summed E-state index contributed by atoms with van der Waals surface area (Å²) in [5.41, 5.74) is 11.0. The van der Waals surface area contributed by atoms with Crippen molar-refractivity contribution in [1.82, 2.24) is 5.43 Å². The smallest absolute Gasteiger partial charge is 0.0508 e. The van der Waals surface area contributed by atoms with Crippen molar-refractivity contribution in [2.45, 2.75) is 45.1 Å². The highest BCUT2D eigenvalue weighted by molar-refractivity contribution is 5.48. The van der Waals surface area contributed by atoms with Gasteiger partial charge in [-0.25, -0.2) is 0 Å². The Balaban J connectivity index is 2.08. The van der Waals surface area contributed by atoms with Gasteiger partial charge in [-0.1, -0.05) is 44.4 Å². The van der Waals surface area contributed by atoms with Gasteiger partial charge in [0.2, 0.25) is 0 Å². The molecule has 100 valence electrons. The summed E-state index contributed by atoms with van der Waals surface area (Å²) in [7, 11) is 0. The number of anilines is 1. The van der Waals surface area contributed by atoms with Gasteiger partial charge in [-0.2, -0.15) is 0 Å². The van der Waals surface area contributed by atoms with Gasteiger partial charge in [0.15, 0.2) is 0 Å². The van der Waals surface area contributed by atoms with Gasteiger partial charge in [0.05, 0.1) is 6.04 Å². The molecule has 1 aromatic rings. The summed E-state index contributed by atoms with van der Waals surface area (Å²) in [5.74, 6) is 7.29. The predicted octanol–water partition coefficient (Wildman–Crippen LogP) is 2.99. The zero-order valence-corrected chi connectivity index (χ0v) is 11.2. The Morgan fingerprint density at radius 1 is 1.22 bits per heavy atom.